The van der Waals surface area contributed by atoms with Gasteiger partial charge in [-0.1, -0.05) is 0 Å². The van der Waals surface area contributed by atoms with Gasteiger partial charge in [0.2, 0.25) is 0 Å². The molecule has 13 heteroatoms. The molecular weight excluding hydrogens is 465 g/mol. The Bertz CT molecular complexity index is 1070. The van der Waals surface area contributed by atoms with Gasteiger partial charge in [-0.15, -0.1) is 0 Å². The molecule has 1 aromatic heterocycles. The van der Waals surface area contributed by atoms with E-state index < -0.39 is 25.3 Å². The van der Waals surface area contributed by atoms with Gasteiger partial charge < -0.3 is 4.74 Å². The van der Waals surface area contributed by atoms with E-state index in [-0.39, 0.29) is 44.6 Å². The fourth-order valence-electron chi connectivity index (χ4n) is 4.34. The van der Waals surface area contributed by atoms with Crippen molar-refractivity contribution >= 4 is 40.5 Å². The van der Waals surface area contributed by atoms with Crippen LogP contribution in [0.5, 0.6) is 0 Å². The summed E-state index contributed by atoms with van der Waals surface area (Å²) in [6, 6.07) is 0. The molecule has 3 aliphatic rings. The third-order valence-corrected chi connectivity index (χ3v) is 10.0. The molecule has 3 heterocycles. The average molecular weight is 491 g/mol. The van der Waals surface area contributed by atoms with E-state index >= 15 is 0 Å². The second kappa shape index (κ2) is 8.30. The van der Waals surface area contributed by atoms with Crippen molar-refractivity contribution in [2.24, 2.45) is 7.05 Å². The van der Waals surface area contributed by atoms with Gasteiger partial charge in [0.25, 0.3) is 0 Å². The fourth-order valence-corrected chi connectivity index (χ4v) is 7.48. The summed E-state index contributed by atoms with van der Waals surface area (Å²) in [6.45, 7) is 2.53. The Hall–Kier alpha value is -1.20. The molecule has 1 aliphatic carbocycles. The molecule has 2 fully saturated rings. The molecule has 0 aromatic carbocycles. The summed E-state index contributed by atoms with van der Waals surface area (Å²) in [4.78, 5) is 27.0. The van der Waals surface area contributed by atoms with Crippen molar-refractivity contribution in [1.29, 1.82) is 0 Å². The van der Waals surface area contributed by atoms with E-state index in [1.165, 1.54) is 4.68 Å². The molecule has 0 bridgehead atoms. The predicted molar refractivity (Wildman–Crippen MR) is 115 cm³/mol. The summed E-state index contributed by atoms with van der Waals surface area (Å²) in [5.74, 6) is -0.880. The van der Waals surface area contributed by atoms with Crippen molar-refractivity contribution < 1.29 is 31.7 Å². The molecule has 0 unspecified atom stereocenters. The van der Waals surface area contributed by atoms with Crippen LogP contribution in [0.25, 0.3) is 0 Å². The molecule has 10 nitrogen and oxygen atoms in total. The number of fused-ring (bicyclic) bond motifs is 1. The Balaban J connectivity index is 1.57. The molecule has 4 rings (SSSR count). The molecule has 0 spiro atoms. The molecule has 1 saturated heterocycles. The van der Waals surface area contributed by atoms with Crippen LogP contribution in [-0.4, -0.2) is 84.0 Å². The molecule has 172 valence electrons. The first-order chi connectivity index (χ1) is 14.7. The van der Waals surface area contributed by atoms with Gasteiger partial charge in [0.1, 0.15) is 0 Å². The van der Waals surface area contributed by atoms with Gasteiger partial charge >= 0.3 is 163 Å². The van der Waals surface area contributed by atoms with Gasteiger partial charge in [-0.3, -0.25) is 0 Å². The summed E-state index contributed by atoms with van der Waals surface area (Å²) in [5.41, 5.74) is 1.01. The van der Waals surface area contributed by atoms with Gasteiger partial charge in [0.05, 0.1) is 6.61 Å². The maximum absolute atomic E-state index is 13.6. The number of esters is 1. The Morgan fingerprint density at radius 1 is 1.32 bits per heavy atom. The van der Waals surface area contributed by atoms with Crippen molar-refractivity contribution in [3.8, 4) is 0 Å². The molecule has 1 saturated carbocycles. The van der Waals surface area contributed by atoms with Crippen molar-refractivity contribution in [2.45, 2.75) is 35.7 Å². The van der Waals surface area contributed by atoms with E-state index in [4.69, 9.17) is 13.7 Å². The van der Waals surface area contributed by atoms with E-state index in [0.29, 0.717) is 48.1 Å². The number of carbonyl (C=O) groups is 2. The maximum atomic E-state index is 13.6. The van der Waals surface area contributed by atoms with Crippen LogP contribution in [0.1, 0.15) is 46.3 Å². The zero-order valence-corrected chi connectivity index (χ0v) is 20.0. The van der Waals surface area contributed by atoms with Crippen LogP contribution in [0, 0.1) is 0 Å². The number of ether oxygens (including phenoxy) is 2. The zero-order valence-electron chi connectivity index (χ0n) is 17.4. The van der Waals surface area contributed by atoms with Crippen LogP contribution in [0.4, 0.5) is 0 Å². The molecule has 0 atom stereocenters. The second-order valence-electron chi connectivity index (χ2n) is 8.21. The predicted octanol–water partition coefficient (Wildman–Crippen LogP) is 0.384. The molecule has 0 N–H and O–H groups in total. The van der Waals surface area contributed by atoms with Crippen molar-refractivity contribution in [3.63, 3.8) is 0 Å². The normalized spacial score (nSPS) is 21.3. The summed E-state index contributed by atoms with van der Waals surface area (Å²) >= 11 is 0.359. The molecular formula is C18H25N3O7PS2-. The topological polar surface area (TPSA) is 117 Å². The summed E-state index contributed by atoms with van der Waals surface area (Å²) in [5, 5.41) is 4.19. The van der Waals surface area contributed by atoms with Crippen LogP contribution in [-0.2, 0) is 48.0 Å². The minimum absolute atomic E-state index is 0.0187. The fraction of sp³-hybridized carbons (Fsp3) is 0.722. The van der Waals surface area contributed by atoms with E-state index in [1.807, 2.05) is 0 Å². The number of sulfone groups is 1. The number of rotatable bonds is 8. The Kier molecular flexibility index (Phi) is 6.15. The SMILES string of the molecule is CCOC(=O)c1nn(C)c2c1CCN(CC1(S(=O)(=O)C3(CO[SH-]#P)COC3)CC1)C2=O. The van der Waals surface area contributed by atoms with Gasteiger partial charge in [-0.2, -0.15) is 0 Å². The van der Waals surface area contributed by atoms with E-state index in [2.05, 4.69) is 12.9 Å². The van der Waals surface area contributed by atoms with Gasteiger partial charge in [0.15, 0.2) is 0 Å². The van der Waals surface area contributed by atoms with E-state index in [0.717, 1.165) is 0 Å². The average Bonchev–Trinajstić information content (AvgIpc) is 3.40. The van der Waals surface area contributed by atoms with E-state index in [9.17, 15) is 18.0 Å². The number of nitrogens with zero attached hydrogens (tertiary/aromatic N) is 3. The van der Waals surface area contributed by atoms with Crippen molar-refractivity contribution in [3.05, 3.63) is 17.0 Å². The molecule has 31 heavy (non-hydrogen) atoms. The number of carbonyl (C=O) groups excluding carboxylic acids is 2. The number of hydrogen-bond donors (Lipinski definition) is 0. The number of aryl methyl sites for hydroxylation is 1. The second-order valence-corrected chi connectivity index (χ2v) is 11.9. The van der Waals surface area contributed by atoms with Crippen LogP contribution in [0.15, 0.2) is 0 Å². The first kappa shape index (κ1) is 23.0. The standard InChI is InChI=1S/C18H25N3O7PS2/c1-3-27-16(23)13-12-4-7-21(15(22)14(12)20(2)19-13)8-17(5-6-17)31(24,25)18(9-26-10-18)11-28-30-29/h30H,3-11H2,1-2H3/q-1. The first-order valence-electron chi connectivity index (χ1n) is 10.0. The van der Waals surface area contributed by atoms with Crippen LogP contribution >= 0.6 is 7.81 Å². The Labute approximate surface area is 186 Å². The minimum atomic E-state index is -3.63. The monoisotopic (exact) mass is 490 g/mol. The molecule has 0 radical (unpaired) electrons. The van der Waals surface area contributed by atoms with Crippen LogP contribution in [0.3, 0.4) is 0 Å². The van der Waals surface area contributed by atoms with Crippen LogP contribution in [0.2, 0.25) is 0 Å². The Morgan fingerprint density at radius 3 is 2.58 bits per heavy atom. The van der Waals surface area contributed by atoms with Gasteiger partial charge in [0, 0.05) is 0 Å². The molecule has 2 aliphatic heterocycles. The summed E-state index contributed by atoms with van der Waals surface area (Å²) in [6.07, 6.45) is 1.40. The van der Waals surface area contributed by atoms with Crippen LogP contribution < -0.4 is 0 Å². The number of aromatic nitrogens is 2. The Morgan fingerprint density at radius 2 is 2.03 bits per heavy atom. The number of hydrogen-bond acceptors (Lipinski definition) is 9. The summed E-state index contributed by atoms with van der Waals surface area (Å²) in [7, 11) is 1.95. The van der Waals surface area contributed by atoms with Crippen molar-refractivity contribution in [2.75, 3.05) is 39.5 Å². The van der Waals surface area contributed by atoms with Gasteiger partial charge in [-0.25, -0.2) is 4.79 Å². The van der Waals surface area contributed by atoms with Crippen molar-refractivity contribution in [1.82, 2.24) is 14.7 Å². The number of thiol groups is 1. The summed E-state index contributed by atoms with van der Waals surface area (Å²) < 4.78 is 42.0. The third kappa shape index (κ3) is 3.60. The van der Waals surface area contributed by atoms with E-state index in [1.54, 1.807) is 18.9 Å². The molecule has 1 amide bonds. The quantitative estimate of drug-likeness (QED) is 0.222. The number of amides is 1. The first-order valence-corrected chi connectivity index (χ1v) is 13.5. The molecule has 1 aromatic rings. The zero-order chi connectivity index (χ0) is 22.4. The van der Waals surface area contributed by atoms with Gasteiger partial charge in [-0.05, 0) is 6.92 Å². The third-order valence-electron chi connectivity index (χ3n) is 6.28.